The number of aliphatic hydroxyl groups is 2. The third-order valence-electron chi connectivity index (χ3n) is 4.52. The van der Waals surface area contributed by atoms with Crippen molar-refractivity contribution in [1.29, 1.82) is 5.26 Å². The van der Waals surface area contributed by atoms with Crippen LogP contribution < -0.4 is 5.32 Å². The second kappa shape index (κ2) is 6.93. The van der Waals surface area contributed by atoms with Crippen molar-refractivity contribution in [3.05, 3.63) is 71.3 Å². The van der Waals surface area contributed by atoms with Gasteiger partial charge in [0, 0.05) is 18.5 Å². The standard InChI is InChI=1S/C19H20N2O2/c20-11-13-5-4-6-14(9-13)12-21-18-16(10-17(22)19(18)23)15-7-2-1-3-8-15/h1-9,16-19,21-23H,10,12H2. The fraction of sp³-hybridized carbons (Fsp3) is 0.316. The van der Waals surface area contributed by atoms with Gasteiger partial charge in [-0.1, -0.05) is 42.5 Å². The zero-order valence-electron chi connectivity index (χ0n) is 12.8. The minimum absolute atomic E-state index is 0.0698. The summed E-state index contributed by atoms with van der Waals surface area (Å²) < 4.78 is 0. The smallest absolute Gasteiger partial charge is 0.0991 e. The summed E-state index contributed by atoms with van der Waals surface area (Å²) in [4.78, 5) is 0. The molecule has 0 heterocycles. The molecule has 3 N–H and O–H groups in total. The highest BCUT2D eigenvalue weighted by Gasteiger charge is 2.41. The molecule has 1 aliphatic carbocycles. The zero-order valence-corrected chi connectivity index (χ0v) is 12.8. The molecule has 4 atom stereocenters. The van der Waals surface area contributed by atoms with E-state index in [1.54, 1.807) is 6.07 Å². The monoisotopic (exact) mass is 308 g/mol. The van der Waals surface area contributed by atoms with Crippen molar-refractivity contribution in [2.45, 2.75) is 37.1 Å². The summed E-state index contributed by atoms with van der Waals surface area (Å²) in [5.74, 6) is 0.0698. The topological polar surface area (TPSA) is 76.3 Å². The molecule has 1 saturated carbocycles. The first kappa shape index (κ1) is 15.7. The molecule has 4 unspecified atom stereocenters. The van der Waals surface area contributed by atoms with E-state index in [-0.39, 0.29) is 12.0 Å². The van der Waals surface area contributed by atoms with Gasteiger partial charge in [-0.3, -0.25) is 0 Å². The Balaban J connectivity index is 1.75. The fourth-order valence-corrected chi connectivity index (χ4v) is 3.32. The Kier molecular flexibility index (Phi) is 4.73. The van der Waals surface area contributed by atoms with Crippen LogP contribution in [0.2, 0.25) is 0 Å². The Hall–Kier alpha value is -2.19. The molecule has 4 nitrogen and oxygen atoms in total. The molecule has 0 radical (unpaired) electrons. The predicted molar refractivity (Wildman–Crippen MR) is 87.6 cm³/mol. The molecule has 1 fully saturated rings. The first-order valence-electron chi connectivity index (χ1n) is 7.82. The number of hydrogen-bond donors (Lipinski definition) is 3. The fourth-order valence-electron chi connectivity index (χ4n) is 3.32. The summed E-state index contributed by atoms with van der Waals surface area (Å²) in [6, 6.07) is 19.3. The number of benzene rings is 2. The Bertz CT molecular complexity index is 696. The molecule has 0 bridgehead atoms. The van der Waals surface area contributed by atoms with Crippen LogP contribution in [0.1, 0.15) is 29.0 Å². The average Bonchev–Trinajstić information content (AvgIpc) is 2.89. The van der Waals surface area contributed by atoms with E-state index in [0.717, 1.165) is 11.1 Å². The number of nitrogens with one attached hydrogen (secondary N) is 1. The summed E-state index contributed by atoms with van der Waals surface area (Å²) in [5, 5.41) is 32.7. The Morgan fingerprint density at radius 3 is 2.61 bits per heavy atom. The third-order valence-corrected chi connectivity index (χ3v) is 4.52. The van der Waals surface area contributed by atoms with Gasteiger partial charge in [0.1, 0.15) is 0 Å². The summed E-state index contributed by atoms with van der Waals surface area (Å²) >= 11 is 0. The van der Waals surface area contributed by atoms with Gasteiger partial charge in [0.25, 0.3) is 0 Å². The Labute approximate surface area is 136 Å². The van der Waals surface area contributed by atoms with Crippen LogP contribution in [0.3, 0.4) is 0 Å². The summed E-state index contributed by atoms with van der Waals surface area (Å²) in [7, 11) is 0. The van der Waals surface area contributed by atoms with Crippen molar-refractivity contribution in [3.63, 3.8) is 0 Å². The largest absolute Gasteiger partial charge is 0.390 e. The number of rotatable bonds is 4. The SMILES string of the molecule is N#Cc1cccc(CNC2C(c3ccccc3)CC(O)C2O)c1. The molecule has 23 heavy (non-hydrogen) atoms. The van der Waals surface area contributed by atoms with Crippen molar-refractivity contribution >= 4 is 0 Å². The van der Waals surface area contributed by atoms with Gasteiger partial charge in [-0.05, 0) is 29.7 Å². The Morgan fingerprint density at radius 2 is 1.87 bits per heavy atom. The van der Waals surface area contributed by atoms with Gasteiger partial charge in [0.05, 0.1) is 23.8 Å². The molecule has 0 spiro atoms. The van der Waals surface area contributed by atoms with Crippen LogP contribution in [0.4, 0.5) is 0 Å². The van der Waals surface area contributed by atoms with Crippen molar-refractivity contribution in [2.24, 2.45) is 0 Å². The second-order valence-corrected chi connectivity index (χ2v) is 6.03. The quantitative estimate of drug-likeness (QED) is 0.806. The van der Waals surface area contributed by atoms with E-state index < -0.39 is 12.2 Å². The Morgan fingerprint density at radius 1 is 1.09 bits per heavy atom. The number of hydrogen-bond acceptors (Lipinski definition) is 4. The molecule has 0 amide bonds. The minimum atomic E-state index is -0.792. The van der Waals surface area contributed by atoms with Crippen LogP contribution in [0, 0.1) is 11.3 Å². The molecular formula is C19H20N2O2. The molecule has 118 valence electrons. The lowest BCUT2D eigenvalue weighted by Crippen LogP contribution is -2.41. The van der Waals surface area contributed by atoms with Crippen LogP contribution in [-0.4, -0.2) is 28.5 Å². The molecule has 4 heteroatoms. The minimum Gasteiger partial charge on any atom is -0.390 e. The molecule has 2 aromatic carbocycles. The highest BCUT2D eigenvalue weighted by atomic mass is 16.3. The maximum absolute atomic E-state index is 10.3. The van der Waals surface area contributed by atoms with Gasteiger partial charge >= 0.3 is 0 Å². The van der Waals surface area contributed by atoms with E-state index in [4.69, 9.17) is 5.26 Å². The first-order chi connectivity index (χ1) is 11.2. The van der Waals surface area contributed by atoms with Gasteiger partial charge < -0.3 is 15.5 Å². The van der Waals surface area contributed by atoms with Crippen LogP contribution in [0.15, 0.2) is 54.6 Å². The molecule has 1 aliphatic rings. The number of nitriles is 1. The summed E-state index contributed by atoms with van der Waals surface area (Å²) in [6.45, 7) is 0.549. The van der Waals surface area contributed by atoms with Crippen LogP contribution in [-0.2, 0) is 6.54 Å². The molecule has 0 saturated heterocycles. The van der Waals surface area contributed by atoms with Crippen molar-refractivity contribution in [2.75, 3.05) is 0 Å². The summed E-state index contributed by atoms with van der Waals surface area (Å²) in [6.07, 6.45) is -0.969. The summed E-state index contributed by atoms with van der Waals surface area (Å²) in [5.41, 5.74) is 2.73. The molecule has 3 rings (SSSR count). The second-order valence-electron chi connectivity index (χ2n) is 6.03. The van der Waals surface area contributed by atoms with Crippen LogP contribution in [0.25, 0.3) is 0 Å². The third kappa shape index (κ3) is 3.43. The van der Waals surface area contributed by atoms with Crippen molar-refractivity contribution < 1.29 is 10.2 Å². The van der Waals surface area contributed by atoms with Crippen molar-refractivity contribution in [3.8, 4) is 6.07 Å². The lowest BCUT2D eigenvalue weighted by molar-refractivity contribution is 0.0297. The normalized spacial score (nSPS) is 26.8. The van der Waals surface area contributed by atoms with Crippen LogP contribution >= 0.6 is 0 Å². The lowest BCUT2D eigenvalue weighted by atomic mass is 9.93. The van der Waals surface area contributed by atoms with E-state index in [2.05, 4.69) is 11.4 Å². The molecule has 2 aromatic rings. The van der Waals surface area contributed by atoms with E-state index in [0.29, 0.717) is 18.5 Å². The number of aliphatic hydroxyl groups excluding tert-OH is 2. The maximum atomic E-state index is 10.3. The highest BCUT2D eigenvalue weighted by molar-refractivity contribution is 5.33. The van der Waals surface area contributed by atoms with Gasteiger partial charge in [-0.2, -0.15) is 5.26 Å². The van der Waals surface area contributed by atoms with E-state index in [9.17, 15) is 10.2 Å². The first-order valence-corrected chi connectivity index (χ1v) is 7.82. The number of nitrogens with zero attached hydrogens (tertiary/aromatic N) is 1. The average molecular weight is 308 g/mol. The van der Waals surface area contributed by atoms with E-state index in [1.807, 2.05) is 48.5 Å². The van der Waals surface area contributed by atoms with Gasteiger partial charge in [0.2, 0.25) is 0 Å². The maximum Gasteiger partial charge on any atom is 0.0991 e. The van der Waals surface area contributed by atoms with Crippen LogP contribution in [0.5, 0.6) is 0 Å². The highest BCUT2D eigenvalue weighted by Crippen LogP contribution is 2.35. The van der Waals surface area contributed by atoms with E-state index in [1.165, 1.54) is 0 Å². The van der Waals surface area contributed by atoms with Gasteiger partial charge in [-0.25, -0.2) is 0 Å². The van der Waals surface area contributed by atoms with E-state index >= 15 is 0 Å². The lowest BCUT2D eigenvalue weighted by Gasteiger charge is -2.24. The van der Waals surface area contributed by atoms with Gasteiger partial charge in [0.15, 0.2) is 0 Å². The predicted octanol–water partition coefficient (Wildman–Crippen LogP) is 1.93. The molecule has 0 aromatic heterocycles. The molecular weight excluding hydrogens is 288 g/mol. The molecule has 0 aliphatic heterocycles. The van der Waals surface area contributed by atoms with Crippen molar-refractivity contribution in [1.82, 2.24) is 5.32 Å². The zero-order chi connectivity index (χ0) is 16.2. The van der Waals surface area contributed by atoms with Gasteiger partial charge in [-0.15, -0.1) is 0 Å².